The zero-order chi connectivity index (χ0) is 24.6. The average Bonchev–Trinajstić information content (AvgIpc) is 3.39. The third kappa shape index (κ3) is 4.12. The molecular weight excluding hydrogens is 488 g/mol. The van der Waals surface area contributed by atoms with Gasteiger partial charge in [-0.05, 0) is 47.5 Å². The largest absolute Gasteiger partial charge is 0.308 e. The van der Waals surface area contributed by atoms with Crippen molar-refractivity contribution in [3.8, 4) is 0 Å². The smallest absolute Gasteiger partial charge is 0.294 e. The second-order valence-corrected chi connectivity index (χ2v) is 10.6. The van der Waals surface area contributed by atoms with Crippen molar-refractivity contribution in [2.24, 2.45) is 0 Å². The first-order chi connectivity index (χ1) is 17.6. The first-order valence-electron chi connectivity index (χ1n) is 11.5. The van der Waals surface area contributed by atoms with Gasteiger partial charge in [0.1, 0.15) is 0 Å². The minimum atomic E-state index is -0.135. The van der Waals surface area contributed by atoms with Crippen molar-refractivity contribution in [2.45, 2.75) is 13.1 Å². The van der Waals surface area contributed by atoms with Crippen LogP contribution in [-0.2, 0) is 13.1 Å². The molecule has 0 atom stereocenters. The lowest BCUT2D eigenvalue weighted by atomic mass is 10.0. The van der Waals surface area contributed by atoms with Crippen LogP contribution in [0.4, 0.5) is 0 Å². The van der Waals surface area contributed by atoms with Gasteiger partial charge in [-0.15, -0.1) is 0 Å². The van der Waals surface area contributed by atoms with Crippen molar-refractivity contribution in [2.75, 3.05) is 0 Å². The van der Waals surface area contributed by atoms with E-state index in [1.165, 1.54) is 0 Å². The molecule has 4 aromatic carbocycles. The van der Waals surface area contributed by atoms with E-state index in [1.807, 2.05) is 72.8 Å². The van der Waals surface area contributed by atoms with Crippen LogP contribution < -0.4 is 9.75 Å². The Labute approximate surface area is 214 Å². The van der Waals surface area contributed by atoms with E-state index in [0.29, 0.717) is 24.2 Å². The topological polar surface area (TPSA) is 61.1 Å². The van der Waals surface area contributed by atoms with Crippen molar-refractivity contribution < 1.29 is 4.79 Å². The molecule has 0 aliphatic carbocycles. The van der Waals surface area contributed by atoms with E-state index in [1.54, 1.807) is 33.4 Å². The van der Waals surface area contributed by atoms with Crippen LogP contribution in [0.5, 0.6) is 0 Å². The Morgan fingerprint density at radius 3 is 1.42 bits per heavy atom. The fourth-order valence-corrected chi connectivity index (χ4v) is 6.27. The van der Waals surface area contributed by atoms with Crippen molar-refractivity contribution in [1.82, 2.24) is 9.13 Å². The Hall–Kier alpha value is -4.07. The highest BCUT2D eigenvalue weighted by atomic mass is 32.1. The second kappa shape index (κ2) is 9.18. The number of benzene rings is 4. The van der Waals surface area contributed by atoms with Crippen LogP contribution in [0.1, 0.15) is 27.0 Å². The number of carbonyl (C=O) groups excluding carboxylic acids is 1. The molecule has 0 saturated carbocycles. The lowest BCUT2D eigenvalue weighted by Gasteiger charge is -2.06. The summed E-state index contributed by atoms with van der Waals surface area (Å²) in [5, 5.41) is 0. The molecule has 0 saturated heterocycles. The number of aromatic nitrogens is 2. The zero-order valence-corrected chi connectivity index (χ0v) is 20.7. The van der Waals surface area contributed by atoms with Crippen LogP contribution in [0.2, 0.25) is 0 Å². The van der Waals surface area contributed by atoms with Gasteiger partial charge in [0.05, 0.1) is 33.5 Å². The van der Waals surface area contributed by atoms with E-state index in [0.717, 1.165) is 54.2 Å². The summed E-state index contributed by atoms with van der Waals surface area (Å²) in [4.78, 5) is 38.6. The Balaban J connectivity index is 1.32. The number of hydrogen-bond acceptors (Lipinski definition) is 5. The van der Waals surface area contributed by atoms with Crippen LogP contribution in [0.25, 0.3) is 20.4 Å². The molecule has 0 N–H and O–H groups in total. The van der Waals surface area contributed by atoms with Crippen LogP contribution in [0.15, 0.2) is 107 Å². The van der Waals surface area contributed by atoms with E-state index in [2.05, 4.69) is 0 Å². The molecule has 2 heterocycles. The van der Waals surface area contributed by atoms with Gasteiger partial charge in [-0.2, -0.15) is 0 Å². The standard InChI is InChI=1S/C29H20N2O3S2/c32-27(21-11-13-23-25(15-21)35-28(33)30(23)17-19-7-3-1-4-8-19)22-12-14-24-26(16-22)36-29(34)31(24)18-20-9-5-2-6-10-20/h1-16H,17-18H2. The normalized spacial score (nSPS) is 11.3. The number of thiazole rings is 2. The van der Waals surface area contributed by atoms with E-state index in [4.69, 9.17) is 0 Å². The summed E-state index contributed by atoms with van der Waals surface area (Å²) in [6.45, 7) is 0.977. The Morgan fingerprint density at radius 2 is 1.00 bits per heavy atom. The molecule has 5 nitrogen and oxygen atoms in total. The first kappa shape index (κ1) is 22.4. The molecule has 6 rings (SSSR count). The van der Waals surface area contributed by atoms with E-state index >= 15 is 0 Å². The van der Waals surface area contributed by atoms with Gasteiger partial charge in [-0.3, -0.25) is 23.5 Å². The molecule has 0 bridgehead atoms. The van der Waals surface area contributed by atoms with Crippen LogP contribution in [-0.4, -0.2) is 14.9 Å². The predicted molar refractivity (Wildman–Crippen MR) is 147 cm³/mol. The quantitative estimate of drug-likeness (QED) is 0.269. The van der Waals surface area contributed by atoms with E-state index < -0.39 is 0 Å². The monoisotopic (exact) mass is 508 g/mol. The number of carbonyl (C=O) groups is 1. The SMILES string of the molecule is O=C(c1ccc2c(c1)sc(=O)n2Cc1ccccc1)c1ccc2c(c1)sc(=O)n2Cc1ccccc1. The van der Waals surface area contributed by atoms with Crippen molar-refractivity contribution in [3.05, 3.63) is 139 Å². The van der Waals surface area contributed by atoms with Gasteiger partial charge in [0.15, 0.2) is 5.78 Å². The molecule has 0 aliphatic heterocycles. The minimum Gasteiger partial charge on any atom is -0.294 e. The molecule has 6 aromatic rings. The van der Waals surface area contributed by atoms with Crippen LogP contribution >= 0.6 is 22.7 Å². The van der Waals surface area contributed by atoms with Gasteiger partial charge < -0.3 is 0 Å². The molecule has 0 amide bonds. The van der Waals surface area contributed by atoms with Gasteiger partial charge in [-0.25, -0.2) is 0 Å². The second-order valence-electron chi connectivity index (χ2n) is 8.57. The van der Waals surface area contributed by atoms with Crippen LogP contribution in [0.3, 0.4) is 0 Å². The molecule has 0 radical (unpaired) electrons. The maximum absolute atomic E-state index is 13.3. The van der Waals surface area contributed by atoms with E-state index in [-0.39, 0.29) is 15.5 Å². The molecule has 7 heteroatoms. The number of ketones is 1. The lowest BCUT2D eigenvalue weighted by molar-refractivity contribution is 0.103. The number of nitrogens with zero attached hydrogens (tertiary/aromatic N) is 2. The molecule has 0 unspecified atom stereocenters. The Kier molecular flexibility index (Phi) is 5.71. The van der Waals surface area contributed by atoms with Gasteiger partial charge >= 0.3 is 9.75 Å². The summed E-state index contributed by atoms with van der Waals surface area (Å²) in [5.74, 6) is -0.135. The average molecular weight is 509 g/mol. The molecule has 0 fully saturated rings. The molecule has 176 valence electrons. The number of hydrogen-bond donors (Lipinski definition) is 0. The highest BCUT2D eigenvalue weighted by molar-refractivity contribution is 7.16. The maximum Gasteiger partial charge on any atom is 0.308 e. The molecule has 0 aliphatic rings. The predicted octanol–water partition coefficient (Wildman–Crippen LogP) is 5.77. The van der Waals surface area contributed by atoms with Crippen LogP contribution in [0, 0.1) is 0 Å². The maximum atomic E-state index is 13.3. The third-order valence-electron chi connectivity index (χ3n) is 6.23. The van der Waals surface area contributed by atoms with Gasteiger partial charge in [-0.1, -0.05) is 83.3 Å². The number of rotatable bonds is 6. The summed E-state index contributed by atoms with van der Waals surface area (Å²) in [6.07, 6.45) is 0. The molecule has 2 aromatic heterocycles. The third-order valence-corrected chi connectivity index (χ3v) is 8.11. The Bertz CT molecular complexity index is 1710. The fraction of sp³-hybridized carbons (Fsp3) is 0.0690. The molecular formula is C29H20N2O3S2. The summed E-state index contributed by atoms with van der Waals surface area (Å²) in [7, 11) is 0. The van der Waals surface area contributed by atoms with E-state index in [9.17, 15) is 14.4 Å². The first-order valence-corrected chi connectivity index (χ1v) is 13.1. The minimum absolute atomic E-state index is 0.0515. The molecule has 36 heavy (non-hydrogen) atoms. The highest BCUT2D eigenvalue weighted by Gasteiger charge is 2.16. The van der Waals surface area contributed by atoms with Crippen molar-refractivity contribution in [1.29, 1.82) is 0 Å². The summed E-state index contributed by atoms with van der Waals surface area (Å²) < 4.78 is 5.04. The van der Waals surface area contributed by atoms with Gasteiger partial charge in [0.25, 0.3) is 0 Å². The fourth-order valence-electron chi connectivity index (χ4n) is 4.41. The summed E-state index contributed by atoms with van der Waals surface area (Å²) in [5.41, 5.74) is 4.77. The highest BCUT2D eigenvalue weighted by Crippen LogP contribution is 2.25. The number of fused-ring (bicyclic) bond motifs is 2. The van der Waals surface area contributed by atoms with Crippen molar-refractivity contribution in [3.63, 3.8) is 0 Å². The Morgan fingerprint density at radius 1 is 0.583 bits per heavy atom. The van der Waals surface area contributed by atoms with Crippen molar-refractivity contribution >= 4 is 48.9 Å². The molecule has 0 spiro atoms. The summed E-state index contributed by atoms with van der Waals surface area (Å²) in [6, 6.07) is 30.5. The lowest BCUT2D eigenvalue weighted by Crippen LogP contribution is -2.13. The van der Waals surface area contributed by atoms with Gasteiger partial charge in [0.2, 0.25) is 0 Å². The van der Waals surface area contributed by atoms with Gasteiger partial charge in [0, 0.05) is 11.1 Å². The summed E-state index contributed by atoms with van der Waals surface area (Å²) >= 11 is 2.29. The zero-order valence-electron chi connectivity index (χ0n) is 19.1.